The molecule has 376 valence electrons. The van der Waals surface area contributed by atoms with Crippen molar-refractivity contribution in [3.05, 3.63) is 88.9 Å². The van der Waals surface area contributed by atoms with Crippen LogP contribution in [0.3, 0.4) is 0 Å². The highest BCUT2D eigenvalue weighted by atomic mass is 32.2. The van der Waals surface area contributed by atoms with E-state index >= 15 is 0 Å². The molecule has 5 aliphatic rings. The maximum absolute atomic E-state index is 14.2. The Hall–Kier alpha value is -4.82. The molecule has 5 N–H and O–H groups in total. The molecule has 0 radical (unpaired) electrons. The molecule has 4 aliphatic carbocycles. The fourth-order valence-corrected chi connectivity index (χ4v) is 15.0. The highest BCUT2D eigenvalue weighted by molar-refractivity contribution is 7.89. The van der Waals surface area contributed by atoms with Crippen molar-refractivity contribution < 1.29 is 37.7 Å². The van der Waals surface area contributed by atoms with Gasteiger partial charge in [0, 0.05) is 48.6 Å². The third kappa shape index (κ3) is 10.8. The number of benzene rings is 2. The van der Waals surface area contributed by atoms with Crippen LogP contribution >= 0.6 is 11.3 Å². The second-order valence-corrected chi connectivity index (χ2v) is 25.2. The molecule has 1 amide bonds. The fraction of sp³-hybridized carbons (Fsp3) is 0.558. The Morgan fingerprint density at radius 2 is 1.67 bits per heavy atom. The molecule has 18 heteroatoms. The molecule has 4 fully saturated rings. The number of nitrogens with zero attached hydrogens (tertiary/aromatic N) is 5. The van der Waals surface area contributed by atoms with Crippen molar-refractivity contribution in [3.63, 3.8) is 0 Å². The van der Waals surface area contributed by atoms with Gasteiger partial charge in [0.05, 0.1) is 53.6 Å². The molecule has 70 heavy (non-hydrogen) atoms. The van der Waals surface area contributed by atoms with Crippen molar-refractivity contribution >= 4 is 54.4 Å². The van der Waals surface area contributed by atoms with Gasteiger partial charge in [0.1, 0.15) is 11.4 Å². The zero-order valence-electron chi connectivity index (χ0n) is 41.3. The van der Waals surface area contributed by atoms with Crippen molar-refractivity contribution in [3.8, 4) is 11.1 Å². The van der Waals surface area contributed by atoms with Crippen LogP contribution in [0.4, 0.5) is 10.9 Å². The number of ether oxygens (including phenoxy) is 2. The number of aromatic nitrogens is 4. The van der Waals surface area contributed by atoms with Crippen LogP contribution in [0, 0.1) is 23.2 Å². The molecule has 1 aliphatic heterocycles. The molecule has 2 atom stereocenters. The summed E-state index contributed by atoms with van der Waals surface area (Å²) >= 11 is 1.44. The van der Waals surface area contributed by atoms with E-state index in [0.717, 1.165) is 71.1 Å². The Morgan fingerprint density at radius 1 is 0.914 bits per heavy atom. The zero-order chi connectivity index (χ0) is 49.7. The van der Waals surface area contributed by atoms with Gasteiger partial charge in [-0.2, -0.15) is 5.10 Å². The lowest BCUT2D eigenvalue weighted by Gasteiger charge is -2.69. The second kappa shape index (κ2) is 19.3. The number of fused-ring (bicyclic) bond motifs is 2. The molecule has 0 spiro atoms. The number of aliphatic hydroxyl groups is 2. The van der Waals surface area contributed by atoms with Gasteiger partial charge in [-0.1, -0.05) is 49.4 Å². The summed E-state index contributed by atoms with van der Waals surface area (Å²) in [4.78, 5) is 39.8. The first kappa shape index (κ1) is 50.1. The predicted octanol–water partition coefficient (Wildman–Crippen LogP) is 7.02. The average molecular weight is 997 g/mol. The van der Waals surface area contributed by atoms with Crippen LogP contribution in [0.15, 0.2) is 60.8 Å². The molecule has 2 aromatic carbocycles. The summed E-state index contributed by atoms with van der Waals surface area (Å²) in [5.74, 6) is -0.210. The van der Waals surface area contributed by atoms with Gasteiger partial charge in [0.2, 0.25) is 10.0 Å². The first-order valence-electron chi connectivity index (χ1n) is 24.6. The van der Waals surface area contributed by atoms with Crippen LogP contribution in [-0.2, 0) is 39.0 Å². The highest BCUT2D eigenvalue weighted by Gasteiger charge is 2.66. The normalized spacial score (nSPS) is 24.1. The number of hydrogen-bond donors (Lipinski definition) is 5. The van der Waals surface area contributed by atoms with Gasteiger partial charge in [-0.3, -0.25) is 14.8 Å². The van der Waals surface area contributed by atoms with E-state index < -0.39 is 27.6 Å². The first-order chi connectivity index (χ1) is 33.2. The molecular weight excluding hydrogens is 929 g/mol. The first-order valence-corrected chi connectivity index (χ1v) is 27.0. The molecule has 3 aromatic heterocycles. The van der Waals surface area contributed by atoms with Gasteiger partial charge in [0.25, 0.3) is 5.91 Å². The summed E-state index contributed by atoms with van der Waals surface area (Å²) in [5, 5.41) is 30.1. The molecule has 5 aromatic rings. The Labute approximate surface area is 415 Å². The standard InChI is InChI=1S/C52H68N8O8S2/c1-34-39(23-54-60(34)33-51-28-49(5)27-50(6,29-51)31-52(30-49,32-51)67-21-19-55-70(65,66)22-10-18-53-36(25-61)26-62)37-15-16-43(57-44(37)46(64)68-48(2,3)4)59-20-17-35-11-9-12-38(40(35)24-59)45(63)58-47-56-41-13-7-8-14-42(41)69-47/h7-9,11-16,23,36,53,55,61-62H,10,17-22,24-33H2,1-6H3,(H,56,58,63). The summed E-state index contributed by atoms with van der Waals surface area (Å²) in [6.45, 7) is 14.5. The van der Waals surface area contributed by atoms with Gasteiger partial charge < -0.3 is 29.9 Å². The number of pyridine rings is 1. The Morgan fingerprint density at radius 3 is 2.40 bits per heavy atom. The number of para-hydroxylation sites is 1. The quantitative estimate of drug-likeness (QED) is 0.0417. The smallest absolute Gasteiger partial charge is 0.358 e. The van der Waals surface area contributed by atoms with E-state index in [1.165, 1.54) is 11.3 Å². The van der Waals surface area contributed by atoms with E-state index in [2.05, 4.69) is 49.8 Å². The number of aliphatic hydroxyl groups excluding tert-OH is 2. The van der Waals surface area contributed by atoms with E-state index in [1.54, 1.807) is 0 Å². The maximum Gasteiger partial charge on any atom is 0.358 e. The maximum atomic E-state index is 14.2. The zero-order valence-corrected chi connectivity index (χ0v) is 42.9. The number of hydrogen-bond acceptors (Lipinski definition) is 14. The minimum atomic E-state index is -3.53. The lowest BCUT2D eigenvalue weighted by Crippen LogP contribution is -2.64. The lowest BCUT2D eigenvalue weighted by atomic mass is 9.39. The second-order valence-electron chi connectivity index (χ2n) is 22.2. The van der Waals surface area contributed by atoms with Gasteiger partial charge in [-0.05, 0) is 143 Å². The number of amides is 1. The van der Waals surface area contributed by atoms with Gasteiger partial charge in [-0.15, -0.1) is 0 Å². The van der Waals surface area contributed by atoms with Crippen molar-refractivity contribution in [1.82, 2.24) is 29.8 Å². The Kier molecular flexibility index (Phi) is 13.8. The largest absolute Gasteiger partial charge is 0.455 e. The van der Waals surface area contributed by atoms with Gasteiger partial charge >= 0.3 is 5.97 Å². The van der Waals surface area contributed by atoms with Crippen molar-refractivity contribution in [2.75, 3.05) is 55.4 Å². The van der Waals surface area contributed by atoms with Crippen molar-refractivity contribution in [2.24, 2.45) is 16.2 Å². The number of rotatable bonds is 19. The molecule has 2 unspecified atom stereocenters. The summed E-state index contributed by atoms with van der Waals surface area (Å²) < 4.78 is 44.3. The SMILES string of the molecule is Cc1c(-c2ccc(N3CCc4cccc(C(=O)Nc5nc6ccccc6s5)c4C3)nc2C(=O)OC(C)(C)C)cnn1CC12CC3(C)CC(C)(C1)CC(OCCNS(=O)(=O)CCCNC(CO)CO)(C3)C2. The van der Waals surface area contributed by atoms with E-state index in [1.807, 2.05) is 82.4 Å². The summed E-state index contributed by atoms with van der Waals surface area (Å²) in [5.41, 5.74) is 4.83. The molecule has 16 nitrogen and oxygen atoms in total. The highest BCUT2D eigenvalue weighted by Crippen LogP contribution is 2.72. The van der Waals surface area contributed by atoms with Crippen molar-refractivity contribution in [2.45, 2.75) is 123 Å². The monoisotopic (exact) mass is 996 g/mol. The number of esters is 1. The predicted molar refractivity (Wildman–Crippen MR) is 272 cm³/mol. The number of nitrogens with one attached hydrogen (secondary N) is 3. The number of anilines is 2. The Bertz CT molecular complexity index is 2820. The molecule has 4 saturated carbocycles. The average Bonchev–Trinajstić information content (AvgIpc) is 3.86. The van der Waals surface area contributed by atoms with E-state index in [0.29, 0.717) is 61.1 Å². The molecular formula is C52H68N8O8S2. The lowest BCUT2D eigenvalue weighted by molar-refractivity contribution is -0.247. The fourth-order valence-electron chi connectivity index (χ4n) is 13.0. The van der Waals surface area contributed by atoms with Crippen molar-refractivity contribution in [1.29, 1.82) is 0 Å². The van der Waals surface area contributed by atoms with E-state index in [9.17, 15) is 28.2 Å². The van der Waals surface area contributed by atoms with Crippen LogP contribution in [0.1, 0.15) is 117 Å². The number of thiazole rings is 1. The third-order valence-corrected chi connectivity index (χ3v) is 17.1. The number of sulfonamides is 1. The van der Waals surface area contributed by atoms with Crippen LogP contribution in [0.2, 0.25) is 0 Å². The van der Waals surface area contributed by atoms with Crippen LogP contribution in [-0.4, -0.2) is 113 Å². The van der Waals surface area contributed by atoms with Crippen LogP contribution < -0.4 is 20.3 Å². The summed E-state index contributed by atoms with van der Waals surface area (Å²) in [7, 11) is -3.53. The topological polar surface area (TPSA) is 210 Å². The molecule has 4 bridgehead atoms. The number of carbonyl (C=O) groups excluding carboxylic acids is 2. The number of carbonyl (C=O) groups is 2. The molecule has 0 saturated heterocycles. The van der Waals surface area contributed by atoms with Gasteiger partial charge in [0.15, 0.2) is 10.8 Å². The summed E-state index contributed by atoms with van der Waals surface area (Å²) in [6.07, 6.45) is 8.76. The van der Waals surface area contributed by atoms with Crippen LogP contribution in [0.25, 0.3) is 21.3 Å². The van der Waals surface area contributed by atoms with Gasteiger partial charge in [-0.25, -0.2) is 27.9 Å². The minimum absolute atomic E-state index is 0.0560. The molecule has 10 rings (SSSR count). The summed E-state index contributed by atoms with van der Waals surface area (Å²) in [6, 6.07) is 17.1. The third-order valence-electron chi connectivity index (χ3n) is 14.7. The van der Waals surface area contributed by atoms with Crippen LogP contribution in [0.5, 0.6) is 0 Å². The molecule has 4 heterocycles. The Balaban J connectivity index is 0.920. The van der Waals surface area contributed by atoms with E-state index in [-0.39, 0.29) is 65.6 Å². The minimum Gasteiger partial charge on any atom is -0.455 e. The van der Waals surface area contributed by atoms with E-state index in [4.69, 9.17) is 19.6 Å².